The standard InChI is InChI=1S/C12H17ClN2O/c1-8-6-9(7-11(13)15-8)12(14)4-2-10(16)3-5-12/h6-7,10,16H,2-5,14H2,1H3. The van der Waals surface area contributed by atoms with Gasteiger partial charge in [0.25, 0.3) is 0 Å². The van der Waals surface area contributed by atoms with Crippen LogP contribution in [0.15, 0.2) is 12.1 Å². The monoisotopic (exact) mass is 240 g/mol. The van der Waals surface area contributed by atoms with Gasteiger partial charge in [-0.3, -0.25) is 0 Å². The number of aromatic nitrogens is 1. The third-order valence-corrected chi connectivity index (χ3v) is 3.54. The third-order valence-electron chi connectivity index (χ3n) is 3.34. The summed E-state index contributed by atoms with van der Waals surface area (Å²) >= 11 is 5.94. The Morgan fingerprint density at radius 3 is 2.62 bits per heavy atom. The van der Waals surface area contributed by atoms with Crippen LogP contribution in [-0.4, -0.2) is 16.2 Å². The quantitative estimate of drug-likeness (QED) is 0.740. The molecule has 16 heavy (non-hydrogen) atoms. The summed E-state index contributed by atoms with van der Waals surface area (Å²) in [6, 6.07) is 3.83. The zero-order valence-corrected chi connectivity index (χ0v) is 10.2. The smallest absolute Gasteiger partial charge is 0.129 e. The van der Waals surface area contributed by atoms with Gasteiger partial charge in [-0.15, -0.1) is 0 Å². The molecule has 0 saturated heterocycles. The Hall–Kier alpha value is -0.640. The van der Waals surface area contributed by atoms with Gasteiger partial charge in [0.05, 0.1) is 6.10 Å². The first-order valence-electron chi connectivity index (χ1n) is 5.61. The molecule has 88 valence electrons. The SMILES string of the molecule is Cc1cc(C2(N)CCC(O)CC2)cc(Cl)n1. The van der Waals surface area contributed by atoms with Gasteiger partial charge in [-0.25, -0.2) is 4.98 Å². The van der Waals surface area contributed by atoms with E-state index < -0.39 is 0 Å². The molecule has 0 unspecified atom stereocenters. The molecule has 1 saturated carbocycles. The summed E-state index contributed by atoms with van der Waals surface area (Å²) in [6.45, 7) is 1.91. The molecule has 0 atom stereocenters. The minimum Gasteiger partial charge on any atom is -0.393 e. The molecule has 3 N–H and O–H groups in total. The largest absolute Gasteiger partial charge is 0.393 e. The number of hydrogen-bond acceptors (Lipinski definition) is 3. The second-order valence-corrected chi connectivity index (χ2v) is 5.09. The third kappa shape index (κ3) is 2.37. The summed E-state index contributed by atoms with van der Waals surface area (Å²) in [5.74, 6) is 0. The first-order valence-corrected chi connectivity index (χ1v) is 5.99. The van der Waals surface area contributed by atoms with E-state index >= 15 is 0 Å². The molecule has 0 spiro atoms. The van der Waals surface area contributed by atoms with Crippen molar-refractivity contribution >= 4 is 11.6 Å². The van der Waals surface area contributed by atoms with Gasteiger partial charge in [-0.2, -0.15) is 0 Å². The predicted molar refractivity (Wildman–Crippen MR) is 64.3 cm³/mol. The minimum atomic E-state index is -0.351. The predicted octanol–water partition coefficient (Wildman–Crippen LogP) is 2.13. The summed E-state index contributed by atoms with van der Waals surface area (Å²) in [4.78, 5) is 4.14. The van der Waals surface area contributed by atoms with Crippen molar-refractivity contribution in [3.63, 3.8) is 0 Å². The fraction of sp³-hybridized carbons (Fsp3) is 0.583. The molecule has 4 heteroatoms. The van der Waals surface area contributed by atoms with Crippen molar-refractivity contribution in [1.82, 2.24) is 4.98 Å². The van der Waals surface area contributed by atoms with Gasteiger partial charge in [0.1, 0.15) is 5.15 Å². The van der Waals surface area contributed by atoms with Crippen LogP contribution in [0.2, 0.25) is 5.15 Å². The van der Waals surface area contributed by atoms with Gasteiger partial charge in [-0.05, 0) is 50.3 Å². The summed E-state index contributed by atoms with van der Waals surface area (Å²) < 4.78 is 0. The molecule has 3 nitrogen and oxygen atoms in total. The van der Waals surface area contributed by atoms with E-state index in [1.807, 2.05) is 19.1 Å². The van der Waals surface area contributed by atoms with Crippen molar-refractivity contribution in [3.8, 4) is 0 Å². The highest BCUT2D eigenvalue weighted by atomic mass is 35.5. The van der Waals surface area contributed by atoms with E-state index in [4.69, 9.17) is 17.3 Å². The Balaban J connectivity index is 2.28. The van der Waals surface area contributed by atoms with E-state index in [0.717, 1.165) is 36.9 Å². The van der Waals surface area contributed by atoms with Gasteiger partial charge in [-0.1, -0.05) is 11.6 Å². The molecule has 2 rings (SSSR count). The van der Waals surface area contributed by atoms with Crippen LogP contribution in [0.25, 0.3) is 0 Å². The van der Waals surface area contributed by atoms with Crippen molar-refractivity contribution in [1.29, 1.82) is 0 Å². The van der Waals surface area contributed by atoms with Crippen LogP contribution in [0, 0.1) is 6.92 Å². The summed E-state index contributed by atoms with van der Waals surface area (Å²) in [5, 5.41) is 10.00. The van der Waals surface area contributed by atoms with Crippen molar-refractivity contribution in [2.45, 2.75) is 44.2 Å². The van der Waals surface area contributed by atoms with Crippen LogP contribution in [-0.2, 0) is 5.54 Å². The Morgan fingerprint density at radius 1 is 1.44 bits per heavy atom. The number of nitrogens with zero attached hydrogens (tertiary/aromatic N) is 1. The van der Waals surface area contributed by atoms with Gasteiger partial charge in [0.2, 0.25) is 0 Å². The van der Waals surface area contributed by atoms with Gasteiger partial charge >= 0.3 is 0 Å². The van der Waals surface area contributed by atoms with E-state index in [-0.39, 0.29) is 11.6 Å². The first kappa shape index (κ1) is 11.8. The number of pyridine rings is 1. The molecule has 0 amide bonds. The zero-order valence-electron chi connectivity index (χ0n) is 9.41. The average molecular weight is 241 g/mol. The maximum atomic E-state index is 9.50. The van der Waals surface area contributed by atoms with Gasteiger partial charge in [0.15, 0.2) is 0 Å². The van der Waals surface area contributed by atoms with E-state index in [1.54, 1.807) is 0 Å². The van der Waals surface area contributed by atoms with E-state index in [0.29, 0.717) is 5.15 Å². The second-order valence-electron chi connectivity index (χ2n) is 4.71. The molecule has 0 bridgehead atoms. The van der Waals surface area contributed by atoms with E-state index in [2.05, 4.69) is 4.98 Å². The molecule has 0 radical (unpaired) electrons. The van der Waals surface area contributed by atoms with Crippen molar-refractivity contribution in [3.05, 3.63) is 28.5 Å². The Morgan fingerprint density at radius 2 is 2.06 bits per heavy atom. The van der Waals surface area contributed by atoms with Crippen molar-refractivity contribution < 1.29 is 5.11 Å². The lowest BCUT2D eigenvalue weighted by Crippen LogP contribution is -2.41. The molecule has 1 aliphatic rings. The van der Waals surface area contributed by atoms with Crippen LogP contribution in [0.1, 0.15) is 36.9 Å². The summed E-state index contributed by atoms with van der Waals surface area (Å²) in [7, 11) is 0. The van der Waals surface area contributed by atoms with Crippen LogP contribution in [0.3, 0.4) is 0 Å². The van der Waals surface area contributed by atoms with E-state index in [9.17, 15) is 5.11 Å². The van der Waals surface area contributed by atoms with Crippen LogP contribution < -0.4 is 5.73 Å². The maximum Gasteiger partial charge on any atom is 0.129 e. The number of halogens is 1. The number of hydrogen-bond donors (Lipinski definition) is 2. The molecule has 0 aromatic carbocycles. The first-order chi connectivity index (χ1) is 7.49. The topological polar surface area (TPSA) is 59.1 Å². The maximum absolute atomic E-state index is 9.50. The lowest BCUT2D eigenvalue weighted by Gasteiger charge is -2.36. The highest BCUT2D eigenvalue weighted by molar-refractivity contribution is 6.29. The molecule has 1 aromatic heterocycles. The van der Waals surface area contributed by atoms with Crippen LogP contribution >= 0.6 is 11.6 Å². The number of aliphatic hydroxyl groups excluding tert-OH is 1. The second kappa shape index (κ2) is 4.32. The lowest BCUT2D eigenvalue weighted by molar-refractivity contribution is 0.0969. The van der Waals surface area contributed by atoms with Crippen molar-refractivity contribution in [2.75, 3.05) is 0 Å². The number of nitrogens with two attached hydrogens (primary N) is 1. The fourth-order valence-electron chi connectivity index (χ4n) is 2.32. The highest BCUT2D eigenvalue weighted by Crippen LogP contribution is 2.35. The van der Waals surface area contributed by atoms with Crippen LogP contribution in [0.4, 0.5) is 0 Å². The van der Waals surface area contributed by atoms with Gasteiger partial charge in [0, 0.05) is 11.2 Å². The molecular weight excluding hydrogens is 224 g/mol. The number of aryl methyl sites for hydroxylation is 1. The van der Waals surface area contributed by atoms with Crippen molar-refractivity contribution in [2.24, 2.45) is 5.73 Å². The normalized spacial score (nSPS) is 30.4. The minimum absolute atomic E-state index is 0.199. The summed E-state index contributed by atoms with van der Waals surface area (Å²) in [5.41, 5.74) is 7.96. The Bertz CT molecular complexity index is 366. The Labute approximate surface area is 101 Å². The average Bonchev–Trinajstić information content (AvgIpc) is 2.21. The number of aliphatic hydroxyl groups is 1. The molecule has 1 aromatic rings. The zero-order chi connectivity index (χ0) is 11.8. The molecule has 1 fully saturated rings. The molecular formula is C12H17ClN2O. The Kier molecular flexibility index (Phi) is 3.19. The lowest BCUT2D eigenvalue weighted by atomic mass is 9.76. The van der Waals surface area contributed by atoms with Gasteiger partial charge < -0.3 is 10.8 Å². The van der Waals surface area contributed by atoms with E-state index in [1.165, 1.54) is 0 Å². The fourth-order valence-corrected chi connectivity index (χ4v) is 2.57. The molecule has 1 aliphatic carbocycles. The summed E-state index contributed by atoms with van der Waals surface area (Å²) in [6.07, 6.45) is 2.92. The number of rotatable bonds is 1. The molecule has 0 aliphatic heterocycles. The highest BCUT2D eigenvalue weighted by Gasteiger charge is 2.32. The molecule has 1 heterocycles. The van der Waals surface area contributed by atoms with Crippen LogP contribution in [0.5, 0.6) is 0 Å².